The number of aromatic amines is 1. The summed E-state index contributed by atoms with van der Waals surface area (Å²) in [6, 6.07) is 0. The fraction of sp³-hybridized carbons (Fsp3) is 0.700. The van der Waals surface area contributed by atoms with Crippen LogP contribution in [0.1, 0.15) is 61.2 Å². The maximum atomic E-state index is 12.7. The summed E-state index contributed by atoms with van der Waals surface area (Å²) in [5, 5.41) is 0.893. The number of hydrogen-bond donors (Lipinski definition) is 2. The van der Waals surface area contributed by atoms with Gasteiger partial charge in [-0.25, -0.2) is 4.98 Å². The fourth-order valence-corrected chi connectivity index (χ4v) is 6.77. The monoisotopic (exact) mass is 358 g/mol. The smallest absolute Gasteiger partial charge is 0.260 e. The standard InChI is InChI=1S/C20H27N3OS/c24-19-18-15-7-3-4-8-16(15)25-20(18)22-17(21-19)12-23-10-9-13-5-1-2-6-14(13)11-23/h13-14H,1-12H2,(H,21,22,24)/p+1/t13-,14-/m1/s1. The van der Waals surface area contributed by atoms with E-state index in [1.165, 1.54) is 68.5 Å². The van der Waals surface area contributed by atoms with Crippen LogP contribution in [0.25, 0.3) is 10.2 Å². The number of aromatic nitrogens is 2. The van der Waals surface area contributed by atoms with Crippen molar-refractivity contribution in [1.29, 1.82) is 0 Å². The van der Waals surface area contributed by atoms with Crippen molar-refractivity contribution in [2.75, 3.05) is 13.1 Å². The van der Waals surface area contributed by atoms with Crippen LogP contribution in [0.5, 0.6) is 0 Å². The molecule has 5 rings (SSSR count). The van der Waals surface area contributed by atoms with E-state index in [1.54, 1.807) is 16.2 Å². The molecule has 0 radical (unpaired) electrons. The minimum Gasteiger partial charge on any atom is -0.328 e. The molecule has 3 atom stereocenters. The van der Waals surface area contributed by atoms with E-state index in [-0.39, 0.29) is 5.56 Å². The highest BCUT2D eigenvalue weighted by atomic mass is 32.1. The summed E-state index contributed by atoms with van der Waals surface area (Å²) in [5.74, 6) is 2.78. The maximum Gasteiger partial charge on any atom is 0.260 e. The topological polar surface area (TPSA) is 50.2 Å². The highest BCUT2D eigenvalue weighted by molar-refractivity contribution is 7.18. The zero-order chi connectivity index (χ0) is 16.8. The number of thiophene rings is 1. The Bertz CT molecular complexity index is 839. The van der Waals surface area contributed by atoms with Crippen LogP contribution in [0.3, 0.4) is 0 Å². The van der Waals surface area contributed by atoms with Crippen LogP contribution in [0.15, 0.2) is 4.79 Å². The molecule has 1 saturated heterocycles. The molecule has 134 valence electrons. The number of nitrogens with one attached hydrogen (secondary N) is 2. The van der Waals surface area contributed by atoms with Gasteiger partial charge < -0.3 is 9.88 Å². The van der Waals surface area contributed by atoms with Crippen molar-refractivity contribution in [3.8, 4) is 0 Å². The van der Waals surface area contributed by atoms with Gasteiger partial charge in [0.05, 0.1) is 18.5 Å². The number of likely N-dealkylation sites (tertiary alicyclic amines) is 1. The number of aryl methyl sites for hydroxylation is 2. The molecular weight excluding hydrogens is 330 g/mol. The van der Waals surface area contributed by atoms with Crippen molar-refractivity contribution in [1.82, 2.24) is 9.97 Å². The molecule has 2 aliphatic carbocycles. The lowest BCUT2D eigenvalue weighted by Crippen LogP contribution is -3.12. The van der Waals surface area contributed by atoms with Gasteiger partial charge in [-0.1, -0.05) is 12.8 Å². The Balaban J connectivity index is 1.39. The van der Waals surface area contributed by atoms with Gasteiger partial charge in [-0.3, -0.25) is 4.79 Å². The Morgan fingerprint density at radius 2 is 1.92 bits per heavy atom. The third-order valence-corrected chi connectivity index (χ3v) is 7.96. The van der Waals surface area contributed by atoms with Crippen LogP contribution in [0.4, 0.5) is 0 Å². The lowest BCUT2D eigenvalue weighted by Gasteiger charge is -2.38. The third-order valence-electron chi connectivity index (χ3n) is 6.78. The highest BCUT2D eigenvalue weighted by Crippen LogP contribution is 2.34. The molecule has 25 heavy (non-hydrogen) atoms. The third kappa shape index (κ3) is 2.95. The number of piperidine rings is 1. The Morgan fingerprint density at radius 3 is 2.84 bits per heavy atom. The number of quaternary nitrogens is 1. The highest BCUT2D eigenvalue weighted by Gasteiger charge is 2.34. The summed E-state index contributed by atoms with van der Waals surface area (Å²) in [5.41, 5.74) is 1.40. The summed E-state index contributed by atoms with van der Waals surface area (Å²) in [6.45, 7) is 3.40. The Hall–Kier alpha value is -1.20. The van der Waals surface area contributed by atoms with Crippen molar-refractivity contribution in [3.05, 3.63) is 26.6 Å². The lowest BCUT2D eigenvalue weighted by atomic mass is 9.75. The summed E-state index contributed by atoms with van der Waals surface area (Å²) in [4.78, 5) is 24.7. The first-order valence-corrected chi connectivity index (χ1v) is 11.0. The SMILES string of the molecule is O=c1[nH]c(C[NH+]2CC[C@H]3CCCC[C@@H]3C2)nc2sc3c(c12)CCCC3. The number of H-pyrrole nitrogens is 1. The van der Waals surface area contributed by atoms with Crippen LogP contribution in [0, 0.1) is 11.8 Å². The van der Waals surface area contributed by atoms with Crippen molar-refractivity contribution in [2.24, 2.45) is 11.8 Å². The molecule has 1 aliphatic heterocycles. The molecule has 5 heteroatoms. The number of hydrogen-bond acceptors (Lipinski definition) is 3. The van der Waals surface area contributed by atoms with Crippen molar-refractivity contribution in [3.63, 3.8) is 0 Å². The molecule has 2 fully saturated rings. The van der Waals surface area contributed by atoms with Crippen molar-refractivity contribution < 1.29 is 4.90 Å². The van der Waals surface area contributed by atoms with E-state index in [2.05, 4.69) is 4.98 Å². The van der Waals surface area contributed by atoms with Crippen LogP contribution < -0.4 is 10.5 Å². The minimum absolute atomic E-state index is 0.103. The molecular formula is C20H28N3OS+. The second-order valence-corrected chi connectivity index (χ2v) is 9.46. The second-order valence-electron chi connectivity index (χ2n) is 8.38. The molecule has 3 heterocycles. The normalized spacial score (nSPS) is 29.4. The first-order chi connectivity index (χ1) is 12.3. The van der Waals surface area contributed by atoms with Gasteiger partial charge in [0.2, 0.25) is 0 Å². The average Bonchev–Trinajstić information content (AvgIpc) is 3.00. The predicted molar refractivity (Wildman–Crippen MR) is 101 cm³/mol. The van der Waals surface area contributed by atoms with Gasteiger partial charge in [0, 0.05) is 10.8 Å². The van der Waals surface area contributed by atoms with E-state index in [0.29, 0.717) is 0 Å². The van der Waals surface area contributed by atoms with Gasteiger partial charge >= 0.3 is 0 Å². The van der Waals surface area contributed by atoms with Crippen molar-refractivity contribution in [2.45, 2.75) is 64.3 Å². The van der Waals surface area contributed by atoms with E-state index in [9.17, 15) is 4.79 Å². The number of fused-ring (bicyclic) bond motifs is 4. The quantitative estimate of drug-likeness (QED) is 0.866. The first kappa shape index (κ1) is 16.0. The molecule has 2 N–H and O–H groups in total. The number of nitrogens with zero attached hydrogens (tertiary/aromatic N) is 1. The van der Waals surface area contributed by atoms with Gasteiger partial charge in [-0.2, -0.15) is 0 Å². The van der Waals surface area contributed by atoms with E-state index in [1.807, 2.05) is 0 Å². The molecule has 0 amide bonds. The predicted octanol–water partition coefficient (Wildman–Crippen LogP) is 2.46. The second kappa shape index (κ2) is 6.51. The Labute approximate surface area is 152 Å². The summed E-state index contributed by atoms with van der Waals surface area (Å²) in [7, 11) is 0. The van der Waals surface area contributed by atoms with Crippen LogP contribution in [-0.2, 0) is 19.4 Å². The van der Waals surface area contributed by atoms with E-state index >= 15 is 0 Å². The van der Waals surface area contributed by atoms with E-state index in [4.69, 9.17) is 4.98 Å². The number of rotatable bonds is 2. The fourth-order valence-electron chi connectivity index (χ4n) is 5.49. The molecule has 2 aromatic heterocycles. The van der Waals surface area contributed by atoms with Gasteiger partial charge in [0.25, 0.3) is 5.56 Å². The van der Waals surface area contributed by atoms with E-state index < -0.39 is 0 Å². The van der Waals surface area contributed by atoms with Crippen LogP contribution >= 0.6 is 11.3 Å². The van der Waals surface area contributed by atoms with Gasteiger partial charge in [-0.05, 0) is 56.4 Å². The summed E-state index contributed by atoms with van der Waals surface area (Å²) in [6.07, 6.45) is 11.7. The average molecular weight is 359 g/mol. The molecule has 0 aromatic carbocycles. The van der Waals surface area contributed by atoms with E-state index in [0.717, 1.165) is 47.3 Å². The largest absolute Gasteiger partial charge is 0.328 e. The molecule has 1 saturated carbocycles. The van der Waals surface area contributed by atoms with Crippen molar-refractivity contribution >= 4 is 21.6 Å². The molecule has 3 aliphatic rings. The first-order valence-electron chi connectivity index (χ1n) is 10.1. The summed E-state index contributed by atoms with van der Waals surface area (Å²) >= 11 is 1.77. The molecule has 4 nitrogen and oxygen atoms in total. The minimum atomic E-state index is 0.103. The zero-order valence-electron chi connectivity index (χ0n) is 14.9. The maximum absolute atomic E-state index is 12.7. The van der Waals surface area contributed by atoms with Crippen LogP contribution in [0.2, 0.25) is 0 Å². The van der Waals surface area contributed by atoms with Crippen LogP contribution in [-0.4, -0.2) is 23.1 Å². The van der Waals surface area contributed by atoms with Gasteiger partial charge in [0.1, 0.15) is 11.4 Å². The molecule has 1 unspecified atom stereocenters. The van der Waals surface area contributed by atoms with Gasteiger partial charge in [-0.15, -0.1) is 11.3 Å². The molecule has 0 spiro atoms. The lowest BCUT2D eigenvalue weighted by molar-refractivity contribution is -0.924. The summed E-state index contributed by atoms with van der Waals surface area (Å²) < 4.78 is 0. The molecule has 0 bridgehead atoms. The van der Waals surface area contributed by atoms with Gasteiger partial charge in [0.15, 0.2) is 5.82 Å². The molecule has 2 aromatic rings. The Morgan fingerprint density at radius 1 is 1.08 bits per heavy atom. The zero-order valence-corrected chi connectivity index (χ0v) is 15.7. The Kier molecular flexibility index (Phi) is 4.17.